The Hall–Kier alpha value is -3.22. The van der Waals surface area contributed by atoms with Crippen molar-refractivity contribution >= 4 is 90.7 Å². The molecule has 131 heavy (non-hydrogen) atoms. The van der Waals surface area contributed by atoms with E-state index in [0.717, 1.165) is 49.5 Å². The zero-order chi connectivity index (χ0) is 110. The Labute approximate surface area is 835 Å². The molecule has 1 aliphatic rings. The average molecular weight is 2030 g/mol. The molecule has 0 saturated heterocycles. The molecule has 0 aromatic rings. The number of unbranched alkanes of at least 4 members (excludes halogenated alkanes) is 1. The van der Waals surface area contributed by atoms with E-state index in [9.17, 15) is 53.4 Å². The van der Waals surface area contributed by atoms with E-state index < -0.39 is 39.1 Å². The smallest absolute Gasteiger partial charge is 0.302 e. The minimum Gasteiger partial charge on any atom is -0.463 e. The van der Waals surface area contributed by atoms with Crippen LogP contribution in [-0.4, -0.2) is 295 Å². The third-order valence-corrected chi connectivity index (χ3v) is 11.1. The van der Waals surface area contributed by atoms with Crippen molar-refractivity contribution in [1.82, 2.24) is 25.8 Å². The summed E-state index contributed by atoms with van der Waals surface area (Å²) in [6.45, 7) is 72.7. The summed E-state index contributed by atoms with van der Waals surface area (Å²) in [5, 5.41) is 10.6. The van der Waals surface area contributed by atoms with Gasteiger partial charge in [0.1, 0.15) is 5.78 Å². The number of isothiocyanates is 1. The van der Waals surface area contributed by atoms with Gasteiger partial charge in [0.15, 0.2) is 12.5 Å². The molecule has 0 aromatic carbocycles. The Kier molecular flexibility index (Phi) is 399. The fraction of sp³-hybridized carbons (Fsp3) is 0.857. The van der Waals surface area contributed by atoms with Gasteiger partial charge >= 0.3 is 5.97 Å². The van der Waals surface area contributed by atoms with E-state index in [1.807, 2.05) is 232 Å². The minimum atomic E-state index is -3.12. The molecule has 0 spiro atoms. The number of halogens is 6. The molecule has 0 aromatic heterocycles. The van der Waals surface area contributed by atoms with Crippen LogP contribution in [0.4, 0.5) is 26.3 Å². The van der Waals surface area contributed by atoms with Gasteiger partial charge in [-0.25, -0.2) is 30.4 Å². The van der Waals surface area contributed by atoms with E-state index >= 15 is 0 Å². The van der Waals surface area contributed by atoms with Crippen molar-refractivity contribution < 1.29 is 90.7 Å². The first kappa shape index (κ1) is 219. The Balaban J connectivity index is -0.0000000274. The molecule has 2 atom stereocenters. The number of ether oxygens (including phenoxy) is 7. The second-order valence-corrected chi connectivity index (χ2v) is 31.9. The maximum Gasteiger partial charge on any atom is 0.302 e. The highest BCUT2D eigenvalue weighted by molar-refractivity contribution is 7.98. The fourth-order valence-corrected chi connectivity index (χ4v) is 1.83. The van der Waals surface area contributed by atoms with Crippen LogP contribution >= 0.6 is 35.3 Å². The zero-order valence-corrected chi connectivity index (χ0v) is 100. The molecule has 0 bridgehead atoms. The third kappa shape index (κ3) is 984. The number of ketones is 1. The number of esters is 1. The summed E-state index contributed by atoms with van der Waals surface area (Å²) in [6.07, 6.45) is 27.2. The van der Waals surface area contributed by atoms with Crippen molar-refractivity contribution in [3.8, 4) is 0 Å². The van der Waals surface area contributed by atoms with Crippen LogP contribution in [0.15, 0.2) is 62.5 Å². The van der Waals surface area contributed by atoms with Crippen molar-refractivity contribution in [2.75, 3.05) is 218 Å². The van der Waals surface area contributed by atoms with Gasteiger partial charge in [0.05, 0.1) is 37.3 Å². The number of alkyl halides is 4. The lowest BCUT2D eigenvalue weighted by Crippen LogP contribution is -2.24. The number of rotatable bonds is 13. The van der Waals surface area contributed by atoms with Gasteiger partial charge in [-0.15, -0.1) is 5.16 Å². The first-order valence-corrected chi connectivity index (χ1v) is 50.2. The van der Waals surface area contributed by atoms with Crippen molar-refractivity contribution in [2.24, 2.45) is 32.1 Å². The summed E-state index contributed by atoms with van der Waals surface area (Å²) in [4.78, 5) is 40.2. The molecule has 22 nitrogen and oxygen atoms in total. The Morgan fingerprint density at radius 1 is 0.588 bits per heavy atom. The number of methoxy groups -OCH3 is 6. The van der Waals surface area contributed by atoms with Crippen LogP contribution in [0.5, 0.6) is 0 Å². The number of nitrogens with one attached hydrogen (secondary N) is 3. The SMILES string of the molecule is C.C.C.C/C=C(/C)F.CC.CC(=O)N(C)C.CC(=O)OC(C)C.CC(C)=O.CC(C)C.CC(F)(F)CF.CC1CC1C.CC=C(C)F.CC=CC.CC=CC.CC=NS(C)(=O)=O.CCC.CCCC.CCNC.CCOC.CCOC.CCSC.CCSC.CF.CN(C)C.CN=C(C)C.CN=C=[S-](=O)OC.CNC.CNC.COC.COC(C)(C)OC.COC(C)C.CSC. The number of nitrogens with zero attached hydrogens (tertiary/aromatic N) is 5. The van der Waals surface area contributed by atoms with Crippen LogP contribution in [0.2, 0.25) is 0 Å². The Morgan fingerprint density at radius 2 is 0.763 bits per heavy atom. The van der Waals surface area contributed by atoms with Gasteiger partial charge < -0.3 is 72.1 Å². The van der Waals surface area contributed by atoms with Crippen LogP contribution in [0, 0.1) is 17.8 Å². The van der Waals surface area contributed by atoms with E-state index in [4.69, 9.17) is 14.2 Å². The summed E-state index contributed by atoms with van der Waals surface area (Å²) in [5.41, 5.74) is 1.13. The molecule has 33 heteroatoms. The van der Waals surface area contributed by atoms with Gasteiger partial charge in [-0.3, -0.25) is 24.0 Å². The number of carbonyl (C=O) groups is 3. The maximum atomic E-state index is 11.3. The monoisotopic (exact) mass is 2030 g/mol. The molecule has 1 fully saturated rings. The molecular formula is C98H239F6N8O14S5-. The summed E-state index contributed by atoms with van der Waals surface area (Å²) in [6, 6.07) is 0. The first-order chi connectivity index (χ1) is 58.8. The van der Waals surface area contributed by atoms with Gasteiger partial charge in [-0.2, -0.15) is 39.7 Å². The number of allylic oxidation sites excluding steroid dienone is 8. The summed E-state index contributed by atoms with van der Waals surface area (Å²) >= 11 is 5.46. The van der Waals surface area contributed by atoms with E-state index in [2.05, 4.69) is 154 Å². The summed E-state index contributed by atoms with van der Waals surface area (Å²) in [7, 11) is 31.0. The highest BCUT2D eigenvalue weighted by atomic mass is 32.2. The molecule has 1 amide bonds. The number of aliphatic imine (C=N–C) groups is 2. The van der Waals surface area contributed by atoms with Gasteiger partial charge in [0.25, 0.3) is 5.92 Å². The Morgan fingerprint density at radius 3 is 0.771 bits per heavy atom. The minimum absolute atomic E-state index is 0. The van der Waals surface area contributed by atoms with E-state index in [0.29, 0.717) is 20.2 Å². The topological polar surface area (TPSA) is 256 Å². The predicted molar refractivity (Wildman–Crippen MR) is 602 cm³/mol. The second-order valence-electron chi connectivity index (χ2n) is 26.1. The largest absolute Gasteiger partial charge is 0.463 e. The predicted octanol–water partition coefficient (Wildman–Crippen LogP) is 28.8. The number of carbonyl (C=O) groups excluding carboxylic acids is 3. The van der Waals surface area contributed by atoms with Gasteiger partial charge in [-0.1, -0.05) is 186 Å². The number of amides is 1. The third-order valence-electron chi connectivity index (χ3n) is 8.76. The quantitative estimate of drug-likeness (QED) is 0.0294. The highest BCUT2D eigenvalue weighted by Crippen LogP contribution is 2.36. The van der Waals surface area contributed by atoms with E-state index in [1.54, 1.807) is 103 Å². The number of sulfonamides is 1. The van der Waals surface area contributed by atoms with E-state index in [1.165, 1.54) is 116 Å². The van der Waals surface area contributed by atoms with Crippen LogP contribution in [0.25, 0.3) is 0 Å². The molecule has 828 valence electrons. The van der Waals surface area contributed by atoms with Crippen molar-refractivity contribution in [2.45, 2.75) is 335 Å². The summed E-state index contributed by atoms with van der Waals surface area (Å²) < 4.78 is 135. The lowest BCUT2D eigenvalue weighted by molar-refractivity contribution is -0.178. The van der Waals surface area contributed by atoms with E-state index in [-0.39, 0.29) is 57.7 Å². The average Bonchev–Trinajstić information content (AvgIpc) is 1.76. The number of hydrogen-bond donors (Lipinski definition) is 3. The Bertz CT molecular complexity index is 2000. The standard InChI is InChI=1S/C5H12O2.C5H10O2.C5H10.2C4H7F.C4H9NO.C4H9N.C4H10O.2C4H10.2C4H8.C3H5F3.C3H6NO2S.C3H7NO2S.2C3H9N.2C3H8O.C3H6O.2C3H8S.C3H8.2C2H7N.C2H6O.C2H6S.C2H6.CH3F.3CH4/c1-5(2,6-3)7-4;1-4(2)7-5(3)6;1-4-3-5(4)2;2*1-3-4(2)5;1-4(6)5(2)3;2*1-4(2)5-3;1-4(2)3;3*1-3-4-2;1-3(5,6)2-4;1-4-3-7(5)6-2;1-3-4-7(2,5)6;1-4(2)3;3*1-3-4-2;1-3(2)4;2*1-3-4-2;5*1-3-2;2*1-2;;;/h1-4H3;4H,1-3H3;4-5H,3H2,1-2H3;2*3H,1-2H3;1-3H3;1-3H3;4H,1-3H3;4H,1-3H3;3-4H2,1-2H3;2*3-4H,1-2H3;2H2,1H3;1-2H3;3H,1-2H3;1-3H3;4H,3H2,1-2H3;2*3H2,1-2H3;1-2H3;2*3H2,1-2H3;3H2,1-2H3;2*3H,1-2H3;2*1-2H3;1-2H3;1H3;3*1H4/q;;;;;;;;;;;;;-1;;;;;;;;;;;;;;;;;;/b;;;4-3-;;;;;;;;;;;;;;;;;;;;;;;;;;;;. The highest BCUT2D eigenvalue weighted by Gasteiger charge is 2.26. The van der Waals surface area contributed by atoms with Gasteiger partial charge in [-0.05, 0) is 269 Å². The second kappa shape index (κ2) is 238. The number of hydrogen-bond acceptors (Lipinski definition) is 24. The molecule has 0 heterocycles. The maximum absolute atomic E-state index is 11.3. The molecule has 3 N–H and O–H groups in total. The number of thioether (sulfide) groups is 3. The molecule has 1 rings (SSSR count). The first-order valence-electron chi connectivity index (χ1n) is 42.9. The van der Waals surface area contributed by atoms with Crippen LogP contribution < -0.4 is 16.0 Å². The normalized spacial score (nSPS) is 10.1. The van der Waals surface area contributed by atoms with Crippen molar-refractivity contribution in [3.63, 3.8) is 0 Å². The molecule has 0 radical (unpaired) electrons. The summed E-state index contributed by atoms with van der Waals surface area (Å²) in [5.74, 6) is 1.67. The number of Topliss-reactive ketones (excluding diaryl/α,β-unsaturated/α-hetero) is 1. The van der Waals surface area contributed by atoms with Crippen LogP contribution in [0.1, 0.15) is 311 Å². The fourth-order valence-electron chi connectivity index (χ4n) is 1.23. The van der Waals surface area contributed by atoms with Gasteiger partial charge in [0.2, 0.25) is 15.9 Å². The molecular weight excluding hydrogens is 1790 g/mol. The van der Waals surface area contributed by atoms with Crippen LogP contribution in [0.3, 0.4) is 0 Å². The van der Waals surface area contributed by atoms with Crippen molar-refractivity contribution in [3.05, 3.63) is 48.1 Å². The molecule has 1 aliphatic carbocycles. The lowest BCUT2D eigenvalue weighted by atomic mass is 10.3. The van der Waals surface area contributed by atoms with Gasteiger partial charge in [0, 0.05) is 131 Å². The zero-order valence-electron chi connectivity index (χ0n) is 96.3. The molecule has 2 unspecified atom stereocenters. The van der Waals surface area contributed by atoms with Crippen molar-refractivity contribution in [1.29, 1.82) is 0 Å². The molecule has 0 aliphatic heterocycles. The lowest BCUT2D eigenvalue weighted by Gasteiger charge is -2.19. The molecule has 1 saturated carbocycles. The van der Waals surface area contributed by atoms with Crippen LogP contribution in [-0.2, 0) is 76.6 Å².